The maximum atomic E-state index is 14.4. The zero-order valence-electron chi connectivity index (χ0n) is 53.6. The average Bonchev–Trinajstić information content (AvgIpc) is 1.68. The molecule has 86 heavy (non-hydrogen) atoms. The number of carbonyl (C=O) groups is 9. The van der Waals surface area contributed by atoms with Crippen LogP contribution in [0.2, 0.25) is 0 Å². The van der Waals surface area contributed by atoms with Crippen LogP contribution in [0.1, 0.15) is 197 Å². The van der Waals surface area contributed by atoms with Gasteiger partial charge in [0.15, 0.2) is 6.10 Å². The summed E-state index contributed by atoms with van der Waals surface area (Å²) >= 11 is 0. The number of hydrogen-bond acceptors (Lipinski definition) is 10. The van der Waals surface area contributed by atoms with Crippen molar-refractivity contribution in [2.45, 2.75) is 238 Å². The van der Waals surface area contributed by atoms with E-state index in [1.165, 1.54) is 4.90 Å². The van der Waals surface area contributed by atoms with Crippen molar-refractivity contribution in [3.8, 4) is 0 Å². The number of rotatable bonds is 24. The Morgan fingerprint density at radius 3 is 1.20 bits per heavy atom. The highest BCUT2D eigenvalue weighted by molar-refractivity contribution is 6.37. The number of nitrogens with one attached hydrogen (secondary N) is 6. The van der Waals surface area contributed by atoms with Gasteiger partial charge >= 0.3 is 12.1 Å². The van der Waals surface area contributed by atoms with Gasteiger partial charge in [-0.1, -0.05) is 166 Å². The zero-order valence-corrected chi connectivity index (χ0v) is 53.6. The minimum absolute atomic E-state index is 0.238. The molecule has 20 nitrogen and oxygen atoms in total. The van der Waals surface area contributed by atoms with Crippen molar-refractivity contribution in [3.05, 3.63) is 71.8 Å². The van der Waals surface area contributed by atoms with E-state index in [1.54, 1.807) is 4.90 Å². The zero-order chi connectivity index (χ0) is 64.0. The first-order chi connectivity index (χ1) is 40.0. The number of amides is 10. The Hall–Kier alpha value is -6.57. The number of ketones is 1. The highest BCUT2D eigenvalue weighted by Gasteiger charge is 2.46. The normalized spacial score (nSPS) is 18.5. The number of nitrogens with zero attached hydrogens (tertiary/aromatic N) is 2. The summed E-state index contributed by atoms with van der Waals surface area (Å²) in [6.07, 6.45) is 12.6. The number of hydrogen-bond donors (Lipinski definition) is 9. The first-order valence-electron chi connectivity index (χ1n) is 31.3. The largest absolute Gasteiger partial charge is 0.381 e. The van der Waals surface area contributed by atoms with Crippen LogP contribution in [0.5, 0.6) is 0 Å². The van der Waals surface area contributed by atoms with Crippen LogP contribution in [0.3, 0.4) is 0 Å². The van der Waals surface area contributed by atoms with E-state index in [1.807, 2.05) is 119 Å². The van der Waals surface area contributed by atoms with Crippen LogP contribution in [-0.4, -0.2) is 136 Å². The smallest absolute Gasteiger partial charge is 0.315 e. The molecule has 0 bridgehead atoms. The number of benzene rings is 2. The molecule has 11 N–H and O–H groups in total. The Balaban J connectivity index is 0.000000314. The van der Waals surface area contributed by atoms with Crippen LogP contribution in [-0.2, 0) is 44.4 Å². The molecule has 10 amide bonds. The molecule has 4 fully saturated rings. The summed E-state index contributed by atoms with van der Waals surface area (Å²) in [7, 11) is 0. The van der Waals surface area contributed by atoms with Gasteiger partial charge in [0.05, 0.1) is 25.2 Å². The average molecular weight is 1200 g/mol. The predicted octanol–water partition coefficient (Wildman–Crippen LogP) is 6.93. The SMILES string of the molecule is CC(C)(C)NC(=O)N[C@H](C(=O)N(CC(=O)NC(CC1CCC1)C(=O)C(N)=O)CC1(c2ccccc2)CCCC1)C(C)(C)C.CC(C)(C)NC(=O)N[C@H](C(=O)N(CC(=O)NC(CC1CCC1)C(O)C(N)=O)CC1(c2ccccc2)CCCC1)C(C)(C)C. The van der Waals surface area contributed by atoms with Gasteiger partial charge < -0.3 is 58.3 Å². The minimum Gasteiger partial charge on any atom is -0.381 e. The maximum absolute atomic E-state index is 14.4. The van der Waals surface area contributed by atoms with E-state index in [0.29, 0.717) is 25.3 Å². The standard InChI is InChI=1S/C33H53N5O5.C33H51N5O5/c2*1-31(2,3)27(36-30(43)37-32(4,5)6)29(42)38(21-33(17-10-11-18-33)23-15-8-7-9-16-23)20-25(39)35-24(26(40)28(34)41)19-22-13-12-14-22/h7-9,15-16,22,24,26-27,40H,10-14,17-21H2,1-6H3,(H2,34,41)(H,35,39)(H2,36,37,43);7-9,15-16,22,24,27H,10-14,17-21H2,1-6H3,(H2,34,41)(H,35,39)(H2,36,37,43)/t24?,26?,27-;24?,27-/m11/s1. The lowest BCUT2D eigenvalue weighted by atomic mass is 9.77. The van der Waals surface area contributed by atoms with E-state index in [2.05, 4.69) is 56.2 Å². The van der Waals surface area contributed by atoms with E-state index >= 15 is 0 Å². The van der Waals surface area contributed by atoms with Gasteiger partial charge in [0.1, 0.15) is 12.1 Å². The van der Waals surface area contributed by atoms with E-state index in [4.69, 9.17) is 11.5 Å². The summed E-state index contributed by atoms with van der Waals surface area (Å²) in [5, 5.41) is 27.6. The molecule has 6 rings (SSSR count). The number of Topliss-reactive ketones (excluding diaryl/α,β-unsaturated/α-hetero) is 1. The molecule has 3 unspecified atom stereocenters. The Morgan fingerprint density at radius 2 is 0.884 bits per heavy atom. The molecule has 20 heteroatoms. The molecular weight excluding hydrogens is 1090 g/mol. The fourth-order valence-electron chi connectivity index (χ4n) is 12.5. The molecule has 2 aromatic rings. The molecule has 4 saturated carbocycles. The number of primary amides is 2. The molecule has 0 saturated heterocycles. The summed E-state index contributed by atoms with van der Waals surface area (Å²) in [4.78, 5) is 121. The summed E-state index contributed by atoms with van der Waals surface area (Å²) in [6.45, 7) is 22.4. The lowest BCUT2D eigenvalue weighted by Crippen LogP contribution is -2.61. The van der Waals surface area contributed by atoms with Gasteiger partial charge in [-0.3, -0.25) is 33.6 Å². The molecule has 0 heterocycles. The van der Waals surface area contributed by atoms with Crippen LogP contribution < -0.4 is 43.4 Å². The molecule has 2 aromatic carbocycles. The molecule has 4 aliphatic carbocycles. The third-order valence-electron chi connectivity index (χ3n) is 17.4. The van der Waals surface area contributed by atoms with Gasteiger partial charge in [-0.2, -0.15) is 0 Å². The Morgan fingerprint density at radius 1 is 0.523 bits per heavy atom. The first kappa shape index (κ1) is 70.2. The summed E-state index contributed by atoms with van der Waals surface area (Å²) in [5.41, 5.74) is 9.88. The number of carbonyl (C=O) groups excluding carboxylic acids is 9. The molecule has 0 radical (unpaired) electrons. The summed E-state index contributed by atoms with van der Waals surface area (Å²) < 4.78 is 0. The van der Waals surface area contributed by atoms with Crippen molar-refractivity contribution in [3.63, 3.8) is 0 Å². The van der Waals surface area contributed by atoms with Crippen LogP contribution in [0, 0.1) is 22.7 Å². The van der Waals surface area contributed by atoms with Crippen molar-refractivity contribution in [1.82, 2.24) is 41.7 Å². The van der Waals surface area contributed by atoms with Crippen molar-refractivity contribution in [2.24, 2.45) is 34.1 Å². The van der Waals surface area contributed by atoms with Crippen molar-refractivity contribution >= 4 is 53.3 Å². The van der Waals surface area contributed by atoms with Crippen molar-refractivity contribution in [1.29, 1.82) is 0 Å². The topological polar surface area (TPSA) is 305 Å². The second-order valence-electron chi connectivity index (χ2n) is 29.3. The molecule has 0 spiro atoms. The first-order valence-corrected chi connectivity index (χ1v) is 31.3. The second kappa shape index (κ2) is 29.9. The molecule has 478 valence electrons. The van der Waals surface area contributed by atoms with Crippen molar-refractivity contribution in [2.75, 3.05) is 26.2 Å². The summed E-state index contributed by atoms with van der Waals surface area (Å²) in [5.74, 6) is -4.05. The van der Waals surface area contributed by atoms with Crippen LogP contribution in [0.15, 0.2) is 60.7 Å². The lowest BCUT2D eigenvalue weighted by Gasteiger charge is -2.40. The Bertz CT molecular complexity index is 2640. The molecule has 4 aliphatic rings. The van der Waals surface area contributed by atoms with Crippen LogP contribution in [0.4, 0.5) is 9.59 Å². The highest BCUT2D eigenvalue weighted by Crippen LogP contribution is 2.44. The quantitative estimate of drug-likeness (QED) is 0.0488. The van der Waals surface area contributed by atoms with Gasteiger partial charge in [-0.25, -0.2) is 9.59 Å². The number of urea groups is 2. The van der Waals surface area contributed by atoms with Gasteiger partial charge in [-0.15, -0.1) is 0 Å². The highest BCUT2D eigenvalue weighted by atomic mass is 16.3. The maximum Gasteiger partial charge on any atom is 0.315 e. The third-order valence-corrected chi connectivity index (χ3v) is 17.4. The van der Waals surface area contributed by atoms with Crippen LogP contribution in [0.25, 0.3) is 0 Å². The number of aliphatic hydroxyl groups is 1. The van der Waals surface area contributed by atoms with Gasteiger partial charge in [0.25, 0.3) is 5.91 Å². The fourth-order valence-corrected chi connectivity index (χ4v) is 12.5. The Labute approximate surface area is 511 Å². The number of nitrogens with two attached hydrogens (primary N) is 2. The molecular formula is C66H104N10O10. The van der Waals surface area contributed by atoms with Gasteiger partial charge in [0, 0.05) is 35.0 Å². The van der Waals surface area contributed by atoms with E-state index in [0.717, 1.165) is 101 Å². The van der Waals surface area contributed by atoms with Crippen molar-refractivity contribution < 1.29 is 48.3 Å². The molecule has 0 aromatic heterocycles. The fraction of sp³-hybridized carbons (Fsp3) is 0.682. The van der Waals surface area contributed by atoms with E-state index < -0.39 is 93.7 Å². The summed E-state index contributed by atoms with van der Waals surface area (Å²) in [6, 6.07) is 15.4. The number of aliphatic hydroxyl groups excluding tert-OH is 1. The third kappa shape index (κ3) is 20.8. The molecule has 0 aliphatic heterocycles. The molecule has 5 atom stereocenters. The van der Waals surface area contributed by atoms with Crippen LogP contribution >= 0.6 is 0 Å². The monoisotopic (exact) mass is 1200 g/mol. The minimum atomic E-state index is -1.52. The van der Waals surface area contributed by atoms with E-state index in [9.17, 15) is 48.3 Å². The second-order valence-corrected chi connectivity index (χ2v) is 29.3. The Kier molecular flexibility index (Phi) is 24.4. The predicted molar refractivity (Wildman–Crippen MR) is 333 cm³/mol. The van der Waals surface area contributed by atoms with E-state index in [-0.39, 0.29) is 48.2 Å². The van der Waals surface area contributed by atoms with Gasteiger partial charge in [-0.05, 0) is 114 Å². The lowest BCUT2D eigenvalue weighted by molar-refractivity contribution is -0.142. The van der Waals surface area contributed by atoms with Gasteiger partial charge in [0.2, 0.25) is 35.3 Å².